The second kappa shape index (κ2) is 3.80. The van der Waals surface area contributed by atoms with Crippen LogP contribution in [0, 0.1) is 5.41 Å². The van der Waals surface area contributed by atoms with Gasteiger partial charge < -0.3 is 0 Å². The van der Waals surface area contributed by atoms with Gasteiger partial charge in [-0.25, -0.2) is 0 Å². The van der Waals surface area contributed by atoms with Crippen LogP contribution < -0.4 is 0 Å². The molecular formula is C10H18ClN. The molecule has 1 nitrogen and oxygen atoms in total. The highest BCUT2D eigenvalue weighted by Crippen LogP contribution is 2.28. The maximum absolute atomic E-state index is 5.68. The molecule has 0 spiro atoms. The van der Waals surface area contributed by atoms with Crippen molar-refractivity contribution in [2.24, 2.45) is 5.41 Å². The molecule has 0 aromatic heterocycles. The number of hydrogen-bond acceptors (Lipinski definition) is 1. The number of alkyl halides is 1. The SMILES string of the molecule is C=C(CCl)CN1CCC(C)(C)C1. The van der Waals surface area contributed by atoms with Crippen molar-refractivity contribution in [2.75, 3.05) is 25.5 Å². The van der Waals surface area contributed by atoms with Crippen molar-refractivity contribution in [2.45, 2.75) is 20.3 Å². The number of nitrogens with zero attached hydrogens (tertiary/aromatic N) is 1. The molecule has 0 saturated carbocycles. The van der Waals surface area contributed by atoms with Gasteiger partial charge in [0.05, 0.1) is 0 Å². The van der Waals surface area contributed by atoms with Gasteiger partial charge in [0.25, 0.3) is 0 Å². The van der Waals surface area contributed by atoms with E-state index in [-0.39, 0.29) is 0 Å². The predicted molar refractivity (Wildman–Crippen MR) is 54.7 cm³/mol. The Morgan fingerprint density at radius 1 is 1.58 bits per heavy atom. The second-order valence-electron chi connectivity index (χ2n) is 4.51. The minimum absolute atomic E-state index is 0.493. The first kappa shape index (κ1) is 10.1. The summed E-state index contributed by atoms with van der Waals surface area (Å²) in [5, 5.41) is 0. The molecule has 1 heterocycles. The minimum atomic E-state index is 0.493. The van der Waals surface area contributed by atoms with Gasteiger partial charge in [0.1, 0.15) is 0 Å². The molecule has 0 aromatic carbocycles. The quantitative estimate of drug-likeness (QED) is 0.485. The van der Waals surface area contributed by atoms with Crippen LogP contribution >= 0.6 is 11.6 Å². The third-order valence-corrected chi connectivity index (χ3v) is 2.77. The van der Waals surface area contributed by atoms with Gasteiger partial charge >= 0.3 is 0 Å². The summed E-state index contributed by atoms with van der Waals surface area (Å²) in [5.74, 6) is 0.594. The van der Waals surface area contributed by atoms with Crippen LogP contribution in [0.2, 0.25) is 0 Å². The van der Waals surface area contributed by atoms with E-state index in [1.54, 1.807) is 0 Å². The molecule has 12 heavy (non-hydrogen) atoms. The molecule has 0 radical (unpaired) electrons. The van der Waals surface area contributed by atoms with E-state index in [0.717, 1.165) is 12.1 Å². The molecule has 0 bridgehead atoms. The molecule has 0 unspecified atom stereocenters. The molecule has 0 aliphatic carbocycles. The van der Waals surface area contributed by atoms with Crippen LogP contribution in [0.15, 0.2) is 12.2 Å². The molecule has 70 valence electrons. The fraction of sp³-hybridized carbons (Fsp3) is 0.800. The summed E-state index contributed by atoms with van der Waals surface area (Å²) >= 11 is 5.68. The lowest BCUT2D eigenvalue weighted by atomic mass is 9.93. The maximum atomic E-state index is 5.68. The first-order valence-electron chi connectivity index (χ1n) is 4.48. The van der Waals surface area contributed by atoms with Crippen molar-refractivity contribution in [3.8, 4) is 0 Å². The summed E-state index contributed by atoms with van der Waals surface area (Å²) in [5.41, 5.74) is 1.63. The molecule has 1 fully saturated rings. The smallest absolute Gasteiger partial charge is 0.0443 e. The molecule has 2 heteroatoms. The van der Waals surface area contributed by atoms with Crippen LogP contribution in [0.25, 0.3) is 0 Å². The van der Waals surface area contributed by atoms with E-state index in [9.17, 15) is 0 Å². The Bertz CT molecular complexity index is 175. The molecule has 0 aromatic rings. The number of halogens is 1. The average Bonchev–Trinajstić information content (AvgIpc) is 2.30. The van der Waals surface area contributed by atoms with E-state index in [0.29, 0.717) is 11.3 Å². The highest BCUT2D eigenvalue weighted by Gasteiger charge is 2.28. The first-order chi connectivity index (χ1) is 5.53. The van der Waals surface area contributed by atoms with Crippen LogP contribution in [0.1, 0.15) is 20.3 Å². The lowest BCUT2D eigenvalue weighted by Crippen LogP contribution is -2.25. The van der Waals surface area contributed by atoms with Gasteiger partial charge in [0.2, 0.25) is 0 Å². The third kappa shape index (κ3) is 2.80. The van der Waals surface area contributed by atoms with Crippen molar-refractivity contribution in [3.63, 3.8) is 0 Å². The zero-order valence-electron chi connectivity index (χ0n) is 8.07. The van der Waals surface area contributed by atoms with Crippen LogP contribution in [0.5, 0.6) is 0 Å². The summed E-state index contributed by atoms with van der Waals surface area (Å²) < 4.78 is 0. The Balaban J connectivity index is 2.33. The largest absolute Gasteiger partial charge is 0.299 e. The molecule has 1 rings (SSSR count). The van der Waals surface area contributed by atoms with Gasteiger partial charge in [0.15, 0.2) is 0 Å². The topological polar surface area (TPSA) is 3.24 Å². The minimum Gasteiger partial charge on any atom is -0.299 e. The predicted octanol–water partition coefficient (Wildman–Crippen LogP) is 2.51. The van der Waals surface area contributed by atoms with Gasteiger partial charge in [-0.1, -0.05) is 20.4 Å². The first-order valence-corrected chi connectivity index (χ1v) is 5.02. The van der Waals surface area contributed by atoms with Gasteiger partial charge in [-0.2, -0.15) is 0 Å². The van der Waals surface area contributed by atoms with Crippen molar-refractivity contribution < 1.29 is 0 Å². The zero-order chi connectivity index (χ0) is 9.19. The third-order valence-electron chi connectivity index (χ3n) is 2.39. The molecule has 0 N–H and O–H groups in total. The molecule has 0 atom stereocenters. The van der Waals surface area contributed by atoms with Gasteiger partial charge in [-0.3, -0.25) is 4.90 Å². The number of likely N-dealkylation sites (tertiary alicyclic amines) is 1. The Morgan fingerprint density at radius 2 is 2.25 bits per heavy atom. The Morgan fingerprint density at radius 3 is 2.67 bits per heavy atom. The van der Waals surface area contributed by atoms with E-state index < -0.39 is 0 Å². The Kier molecular flexibility index (Phi) is 3.19. The summed E-state index contributed by atoms with van der Waals surface area (Å²) in [6.45, 7) is 11.9. The molecule has 1 aliphatic rings. The van der Waals surface area contributed by atoms with Crippen LogP contribution in [0.3, 0.4) is 0 Å². The summed E-state index contributed by atoms with van der Waals surface area (Å²) in [7, 11) is 0. The van der Waals surface area contributed by atoms with Crippen molar-refractivity contribution >= 4 is 11.6 Å². The molecule has 1 aliphatic heterocycles. The fourth-order valence-electron chi connectivity index (χ4n) is 1.72. The Hall–Kier alpha value is -0.0100. The van der Waals surface area contributed by atoms with E-state index >= 15 is 0 Å². The fourth-order valence-corrected chi connectivity index (χ4v) is 1.80. The van der Waals surface area contributed by atoms with Crippen LogP contribution in [-0.2, 0) is 0 Å². The summed E-state index contributed by atoms with van der Waals surface area (Å²) in [6, 6.07) is 0. The highest BCUT2D eigenvalue weighted by atomic mass is 35.5. The van der Waals surface area contributed by atoms with Gasteiger partial charge in [-0.05, 0) is 24.0 Å². The number of rotatable bonds is 3. The lowest BCUT2D eigenvalue weighted by Gasteiger charge is -2.19. The maximum Gasteiger partial charge on any atom is 0.0443 e. The lowest BCUT2D eigenvalue weighted by molar-refractivity contribution is 0.310. The van der Waals surface area contributed by atoms with Crippen LogP contribution in [0.4, 0.5) is 0 Å². The number of hydrogen-bond donors (Lipinski definition) is 0. The summed E-state index contributed by atoms with van der Waals surface area (Å²) in [4.78, 5) is 2.44. The van der Waals surface area contributed by atoms with Crippen molar-refractivity contribution in [1.82, 2.24) is 4.90 Å². The second-order valence-corrected chi connectivity index (χ2v) is 4.78. The monoisotopic (exact) mass is 187 g/mol. The highest BCUT2D eigenvalue weighted by molar-refractivity contribution is 6.19. The van der Waals surface area contributed by atoms with E-state index in [2.05, 4.69) is 25.3 Å². The zero-order valence-corrected chi connectivity index (χ0v) is 8.82. The average molecular weight is 188 g/mol. The van der Waals surface area contributed by atoms with Gasteiger partial charge in [0, 0.05) is 19.0 Å². The van der Waals surface area contributed by atoms with E-state index in [1.807, 2.05) is 0 Å². The van der Waals surface area contributed by atoms with Crippen LogP contribution in [-0.4, -0.2) is 30.4 Å². The van der Waals surface area contributed by atoms with Gasteiger partial charge in [-0.15, -0.1) is 11.6 Å². The molecule has 1 saturated heterocycles. The summed E-state index contributed by atoms with van der Waals surface area (Å²) in [6.07, 6.45) is 1.29. The normalized spacial score (nSPS) is 22.9. The Labute approximate surface area is 80.4 Å². The van der Waals surface area contributed by atoms with Crippen molar-refractivity contribution in [3.05, 3.63) is 12.2 Å². The van der Waals surface area contributed by atoms with E-state index in [4.69, 9.17) is 11.6 Å². The molecular weight excluding hydrogens is 170 g/mol. The van der Waals surface area contributed by atoms with E-state index in [1.165, 1.54) is 19.5 Å². The molecule has 0 amide bonds. The standard InChI is InChI=1S/C10H18ClN/c1-9(6-11)7-12-5-4-10(2,3)8-12/h1,4-8H2,2-3H3. The van der Waals surface area contributed by atoms with Crippen molar-refractivity contribution in [1.29, 1.82) is 0 Å².